The number of likely N-dealkylation sites (tertiary alicyclic amines) is 1. The van der Waals surface area contributed by atoms with E-state index in [1.54, 1.807) is 13.0 Å². The highest BCUT2D eigenvalue weighted by Gasteiger charge is 2.20. The largest absolute Gasteiger partial charge is 0.491 e. The Morgan fingerprint density at radius 3 is 2.70 bits per heavy atom. The summed E-state index contributed by atoms with van der Waals surface area (Å²) in [5.41, 5.74) is 0.757. The molecule has 0 radical (unpaired) electrons. The maximum Gasteiger partial charge on any atom is 0.219 e. The number of hydrogen-bond donors (Lipinski definition) is 1. The number of nitrogens with zero attached hydrogens (tertiary/aromatic N) is 1. The van der Waals surface area contributed by atoms with E-state index in [1.807, 2.05) is 17.9 Å². The molecule has 1 fully saturated rings. The zero-order chi connectivity index (χ0) is 14.5. The van der Waals surface area contributed by atoms with Crippen LogP contribution in [0.25, 0.3) is 0 Å². The minimum absolute atomic E-state index is 0.121. The fourth-order valence-electron chi connectivity index (χ4n) is 2.44. The smallest absolute Gasteiger partial charge is 0.219 e. The number of halogens is 1. The van der Waals surface area contributed by atoms with Crippen molar-refractivity contribution in [3.63, 3.8) is 0 Å². The molecule has 0 bridgehead atoms. The lowest BCUT2D eigenvalue weighted by Crippen LogP contribution is -2.41. The first-order valence-corrected chi connectivity index (χ1v) is 7.04. The zero-order valence-electron chi connectivity index (χ0n) is 12.0. The lowest BCUT2D eigenvalue weighted by atomic mass is 10.0. The van der Waals surface area contributed by atoms with Gasteiger partial charge in [-0.1, -0.05) is 0 Å². The van der Waals surface area contributed by atoms with E-state index in [0.717, 1.165) is 31.6 Å². The van der Waals surface area contributed by atoms with Crippen LogP contribution in [0, 0.1) is 5.82 Å². The van der Waals surface area contributed by atoms with Gasteiger partial charge in [-0.25, -0.2) is 4.39 Å². The summed E-state index contributed by atoms with van der Waals surface area (Å²) in [6.45, 7) is 5.39. The van der Waals surface area contributed by atoms with Gasteiger partial charge in [-0.15, -0.1) is 0 Å². The molecule has 1 heterocycles. The Bertz CT molecular complexity index is 471. The summed E-state index contributed by atoms with van der Waals surface area (Å²) >= 11 is 0. The second-order valence-electron chi connectivity index (χ2n) is 5.00. The SMILES string of the molecule is CCOc1ccc(NC2CCN(C(C)=O)CC2)cc1F. The Morgan fingerprint density at radius 2 is 2.15 bits per heavy atom. The van der Waals surface area contributed by atoms with Crippen LogP contribution < -0.4 is 10.1 Å². The normalized spacial score (nSPS) is 16.1. The first-order valence-electron chi connectivity index (χ1n) is 7.04. The molecular weight excluding hydrogens is 259 g/mol. The maximum atomic E-state index is 13.7. The molecule has 20 heavy (non-hydrogen) atoms. The van der Waals surface area contributed by atoms with Crippen LogP contribution in [0.2, 0.25) is 0 Å². The number of anilines is 1. The van der Waals surface area contributed by atoms with Gasteiger partial charge >= 0.3 is 0 Å². The van der Waals surface area contributed by atoms with Crippen molar-refractivity contribution in [2.45, 2.75) is 32.7 Å². The molecule has 1 saturated heterocycles. The number of carbonyl (C=O) groups excluding carboxylic acids is 1. The second kappa shape index (κ2) is 6.59. The summed E-state index contributed by atoms with van der Waals surface area (Å²) < 4.78 is 18.9. The Morgan fingerprint density at radius 1 is 1.45 bits per heavy atom. The fraction of sp³-hybridized carbons (Fsp3) is 0.533. The minimum atomic E-state index is -0.349. The van der Waals surface area contributed by atoms with Crippen molar-refractivity contribution in [2.24, 2.45) is 0 Å². The Balaban J connectivity index is 1.91. The number of hydrogen-bond acceptors (Lipinski definition) is 3. The van der Waals surface area contributed by atoms with Crippen molar-refractivity contribution in [2.75, 3.05) is 25.0 Å². The third-order valence-electron chi connectivity index (χ3n) is 3.54. The molecule has 0 aliphatic carbocycles. The molecule has 1 N–H and O–H groups in total. The van der Waals surface area contributed by atoms with E-state index < -0.39 is 0 Å². The molecule has 1 aromatic rings. The quantitative estimate of drug-likeness (QED) is 0.922. The highest BCUT2D eigenvalue weighted by Crippen LogP contribution is 2.23. The van der Waals surface area contributed by atoms with Crippen LogP contribution in [0.5, 0.6) is 5.75 Å². The van der Waals surface area contributed by atoms with Crippen molar-refractivity contribution in [1.29, 1.82) is 0 Å². The van der Waals surface area contributed by atoms with Crippen molar-refractivity contribution >= 4 is 11.6 Å². The lowest BCUT2D eigenvalue weighted by molar-refractivity contribution is -0.129. The molecule has 5 heteroatoms. The summed E-state index contributed by atoms with van der Waals surface area (Å²) in [4.78, 5) is 13.1. The number of nitrogens with one attached hydrogen (secondary N) is 1. The fourth-order valence-corrected chi connectivity index (χ4v) is 2.44. The topological polar surface area (TPSA) is 41.6 Å². The average Bonchev–Trinajstić information content (AvgIpc) is 2.42. The van der Waals surface area contributed by atoms with E-state index in [9.17, 15) is 9.18 Å². The minimum Gasteiger partial charge on any atom is -0.491 e. The Kier molecular flexibility index (Phi) is 4.82. The van der Waals surface area contributed by atoms with Gasteiger partial charge in [0.05, 0.1) is 6.61 Å². The number of benzene rings is 1. The van der Waals surface area contributed by atoms with Gasteiger partial charge in [0, 0.05) is 37.8 Å². The Labute approximate surface area is 118 Å². The van der Waals surface area contributed by atoms with Gasteiger partial charge in [-0.2, -0.15) is 0 Å². The van der Waals surface area contributed by atoms with Crippen LogP contribution in [0.1, 0.15) is 26.7 Å². The van der Waals surface area contributed by atoms with Gasteiger partial charge < -0.3 is 15.0 Å². The molecular formula is C15H21FN2O2. The summed E-state index contributed by atoms with van der Waals surface area (Å²) in [5, 5.41) is 3.32. The molecule has 1 aliphatic heterocycles. The van der Waals surface area contributed by atoms with Gasteiger partial charge in [0.2, 0.25) is 5.91 Å². The van der Waals surface area contributed by atoms with E-state index >= 15 is 0 Å². The lowest BCUT2D eigenvalue weighted by Gasteiger charge is -2.32. The molecule has 2 rings (SSSR count). The molecule has 1 amide bonds. The molecule has 1 aromatic carbocycles. The van der Waals surface area contributed by atoms with Crippen molar-refractivity contribution in [3.05, 3.63) is 24.0 Å². The first-order chi connectivity index (χ1) is 9.60. The average molecular weight is 280 g/mol. The number of ether oxygens (including phenoxy) is 1. The third-order valence-corrected chi connectivity index (χ3v) is 3.54. The summed E-state index contributed by atoms with van der Waals surface area (Å²) in [5.74, 6) is 0.0537. The van der Waals surface area contributed by atoms with Gasteiger partial charge in [0.15, 0.2) is 11.6 Å². The summed E-state index contributed by atoms with van der Waals surface area (Å²) in [6, 6.07) is 5.21. The summed E-state index contributed by atoms with van der Waals surface area (Å²) in [6.07, 6.45) is 1.77. The van der Waals surface area contributed by atoms with Crippen LogP contribution in [0.3, 0.4) is 0 Å². The molecule has 110 valence electrons. The highest BCUT2D eigenvalue weighted by atomic mass is 19.1. The van der Waals surface area contributed by atoms with E-state index in [0.29, 0.717) is 6.61 Å². The molecule has 0 saturated carbocycles. The van der Waals surface area contributed by atoms with Crippen molar-refractivity contribution < 1.29 is 13.9 Å². The van der Waals surface area contributed by atoms with Crippen LogP contribution in [0.4, 0.5) is 10.1 Å². The Hall–Kier alpha value is -1.78. The molecule has 0 aromatic heterocycles. The van der Waals surface area contributed by atoms with E-state index in [-0.39, 0.29) is 23.5 Å². The zero-order valence-corrected chi connectivity index (χ0v) is 12.0. The van der Waals surface area contributed by atoms with Gasteiger partial charge in [-0.05, 0) is 31.9 Å². The molecule has 0 spiro atoms. The van der Waals surface area contributed by atoms with Crippen LogP contribution >= 0.6 is 0 Å². The highest BCUT2D eigenvalue weighted by molar-refractivity contribution is 5.73. The van der Waals surface area contributed by atoms with Gasteiger partial charge in [-0.3, -0.25) is 4.79 Å². The number of piperidine rings is 1. The van der Waals surface area contributed by atoms with Crippen molar-refractivity contribution in [1.82, 2.24) is 4.90 Å². The van der Waals surface area contributed by atoms with E-state index in [2.05, 4.69) is 5.32 Å². The van der Waals surface area contributed by atoms with Gasteiger partial charge in [0.25, 0.3) is 0 Å². The maximum absolute atomic E-state index is 13.7. The molecule has 0 atom stereocenters. The predicted octanol–water partition coefficient (Wildman–Crippen LogP) is 2.65. The first kappa shape index (κ1) is 14.6. The standard InChI is InChI=1S/C15H21FN2O2/c1-3-20-15-5-4-13(10-14(15)16)17-12-6-8-18(9-7-12)11(2)19/h4-5,10,12,17H,3,6-9H2,1-2H3. The predicted molar refractivity (Wildman–Crippen MR) is 76.5 cm³/mol. The van der Waals surface area contributed by atoms with Gasteiger partial charge in [0.1, 0.15) is 0 Å². The van der Waals surface area contributed by atoms with Crippen LogP contribution in [-0.4, -0.2) is 36.5 Å². The monoisotopic (exact) mass is 280 g/mol. The van der Waals surface area contributed by atoms with E-state index in [1.165, 1.54) is 6.07 Å². The van der Waals surface area contributed by atoms with Crippen LogP contribution in [0.15, 0.2) is 18.2 Å². The number of amides is 1. The molecule has 1 aliphatic rings. The number of carbonyl (C=O) groups is 1. The second-order valence-corrected chi connectivity index (χ2v) is 5.00. The molecule has 4 nitrogen and oxygen atoms in total. The van der Waals surface area contributed by atoms with Crippen LogP contribution in [-0.2, 0) is 4.79 Å². The van der Waals surface area contributed by atoms with Crippen molar-refractivity contribution in [3.8, 4) is 5.75 Å². The third kappa shape index (κ3) is 3.62. The summed E-state index contributed by atoms with van der Waals surface area (Å²) in [7, 11) is 0. The number of rotatable bonds is 4. The molecule has 0 unspecified atom stereocenters. The van der Waals surface area contributed by atoms with E-state index in [4.69, 9.17) is 4.74 Å².